The molecule has 1 aliphatic rings. The number of carbonyl (C=O) groups is 2. The first-order valence-corrected chi connectivity index (χ1v) is 9.36. The molecule has 1 amide bonds. The Morgan fingerprint density at radius 1 is 1.08 bits per heavy atom. The molecule has 26 heavy (non-hydrogen) atoms. The third-order valence-electron chi connectivity index (χ3n) is 4.22. The topological polar surface area (TPSA) is 55.4 Å². The lowest BCUT2D eigenvalue weighted by atomic mass is 9.82. The Hall–Kier alpha value is -1.49. The zero-order chi connectivity index (χ0) is 19.3. The number of halogens is 3. The van der Waals surface area contributed by atoms with Crippen LogP contribution in [0.15, 0.2) is 45.9 Å². The fraction of sp³-hybridized carbons (Fsp3) is 0.368. The van der Waals surface area contributed by atoms with Crippen LogP contribution in [0, 0.1) is 18.8 Å². The van der Waals surface area contributed by atoms with Crippen LogP contribution in [0.1, 0.15) is 25.3 Å². The number of anilines is 1. The van der Waals surface area contributed by atoms with E-state index in [1.165, 1.54) is 0 Å². The smallest absolute Gasteiger partial charge is 0.310 e. The Labute approximate surface area is 168 Å². The van der Waals surface area contributed by atoms with Gasteiger partial charge < -0.3 is 10.1 Å². The number of hydrogen-bond donors (Lipinski definition) is 1. The van der Waals surface area contributed by atoms with Crippen LogP contribution in [0.3, 0.4) is 0 Å². The number of hydrogen-bond acceptors (Lipinski definition) is 3. The average Bonchev–Trinajstić information content (AvgIpc) is 2.62. The predicted octanol–water partition coefficient (Wildman–Crippen LogP) is 5.33. The Morgan fingerprint density at radius 2 is 1.65 bits per heavy atom. The van der Waals surface area contributed by atoms with E-state index in [0.717, 1.165) is 5.56 Å². The molecule has 0 fully saturated rings. The third kappa shape index (κ3) is 5.50. The molecule has 1 aromatic rings. The van der Waals surface area contributed by atoms with Crippen molar-refractivity contribution in [3.8, 4) is 0 Å². The number of rotatable bonds is 5. The molecule has 140 valence electrons. The summed E-state index contributed by atoms with van der Waals surface area (Å²) in [7, 11) is 0. The summed E-state index contributed by atoms with van der Waals surface area (Å²) in [6.07, 6.45) is 3.88. The quantitative estimate of drug-likeness (QED) is 0.521. The highest BCUT2D eigenvalue weighted by molar-refractivity contribution is 6.59. The van der Waals surface area contributed by atoms with Crippen LogP contribution >= 0.6 is 34.8 Å². The summed E-state index contributed by atoms with van der Waals surface area (Å²) in [5, 5.41) is 2.91. The van der Waals surface area contributed by atoms with Crippen molar-refractivity contribution < 1.29 is 14.3 Å². The average molecular weight is 417 g/mol. The van der Waals surface area contributed by atoms with Crippen molar-refractivity contribution in [3.05, 3.63) is 51.5 Å². The molecule has 1 N–H and O–H groups in total. The van der Waals surface area contributed by atoms with Gasteiger partial charge in [-0.15, -0.1) is 0 Å². The molecule has 3 atom stereocenters. The van der Waals surface area contributed by atoms with Crippen LogP contribution in [0.2, 0.25) is 0 Å². The highest BCUT2D eigenvalue weighted by atomic mass is 35.5. The summed E-state index contributed by atoms with van der Waals surface area (Å²) in [5.41, 5.74) is 1.79. The zero-order valence-corrected chi connectivity index (χ0v) is 16.7. The summed E-state index contributed by atoms with van der Waals surface area (Å²) in [5.74, 6) is -1.83. The molecule has 2 rings (SSSR count). The largest absolute Gasteiger partial charge is 0.457 e. The van der Waals surface area contributed by atoms with Gasteiger partial charge in [0.05, 0.1) is 16.9 Å². The molecule has 0 aliphatic heterocycles. The van der Waals surface area contributed by atoms with Crippen molar-refractivity contribution in [2.24, 2.45) is 11.8 Å². The van der Waals surface area contributed by atoms with Crippen molar-refractivity contribution in [2.75, 3.05) is 5.32 Å². The van der Waals surface area contributed by atoms with Gasteiger partial charge in [0.25, 0.3) is 0 Å². The van der Waals surface area contributed by atoms with E-state index in [-0.39, 0.29) is 15.4 Å². The van der Waals surface area contributed by atoms with E-state index in [2.05, 4.69) is 5.32 Å². The summed E-state index contributed by atoms with van der Waals surface area (Å²) in [4.78, 5) is 25.2. The zero-order valence-electron chi connectivity index (χ0n) is 14.5. The fourth-order valence-corrected chi connectivity index (χ4v) is 3.06. The number of benzene rings is 1. The van der Waals surface area contributed by atoms with Gasteiger partial charge in [0.1, 0.15) is 10.6 Å². The van der Waals surface area contributed by atoms with E-state index in [9.17, 15) is 9.59 Å². The minimum absolute atomic E-state index is 0.0497. The van der Waals surface area contributed by atoms with Gasteiger partial charge in [0, 0.05) is 5.69 Å². The standard InChI is InChI=1S/C19H20Cl3NO3/c1-11-7-9-13(10-8-11)23-18(24)14-5-3-4-6-15(14)19(25)26-12(2)16(20)17(21)22/h3-4,7-10,12,14-15H,5-6H2,1-2H3,(H,23,24)/t12-,14+,15+/m1/s1. The monoisotopic (exact) mass is 415 g/mol. The van der Waals surface area contributed by atoms with Crippen molar-refractivity contribution >= 4 is 52.4 Å². The van der Waals surface area contributed by atoms with Crippen LogP contribution < -0.4 is 5.32 Å². The Bertz CT molecular complexity index is 724. The van der Waals surface area contributed by atoms with Crippen LogP contribution in [-0.2, 0) is 14.3 Å². The molecule has 0 spiro atoms. The molecule has 0 bridgehead atoms. The first-order chi connectivity index (χ1) is 12.3. The second-order valence-corrected chi connectivity index (χ2v) is 7.56. The molecular formula is C19H20Cl3NO3. The van der Waals surface area contributed by atoms with Crippen LogP contribution in [0.25, 0.3) is 0 Å². The molecule has 0 heterocycles. The van der Waals surface area contributed by atoms with E-state index >= 15 is 0 Å². The summed E-state index contributed by atoms with van der Waals surface area (Å²) < 4.78 is 5.20. The van der Waals surface area contributed by atoms with E-state index < -0.39 is 23.9 Å². The molecular weight excluding hydrogens is 397 g/mol. The number of allylic oxidation sites excluding steroid dienone is 2. The lowest BCUT2D eigenvalue weighted by molar-refractivity contribution is -0.155. The minimum Gasteiger partial charge on any atom is -0.457 e. The van der Waals surface area contributed by atoms with Gasteiger partial charge >= 0.3 is 5.97 Å². The van der Waals surface area contributed by atoms with Gasteiger partial charge in [-0.05, 0) is 38.8 Å². The second kappa shape index (κ2) is 9.45. The highest BCUT2D eigenvalue weighted by Gasteiger charge is 2.36. The molecule has 0 saturated carbocycles. The number of aryl methyl sites for hydroxylation is 1. The maximum atomic E-state index is 12.7. The fourth-order valence-electron chi connectivity index (χ4n) is 2.70. The lowest BCUT2D eigenvalue weighted by Crippen LogP contribution is -2.36. The van der Waals surface area contributed by atoms with Crippen molar-refractivity contribution in [2.45, 2.75) is 32.8 Å². The molecule has 7 heteroatoms. The van der Waals surface area contributed by atoms with Gasteiger partial charge in [-0.3, -0.25) is 9.59 Å². The Morgan fingerprint density at radius 3 is 2.23 bits per heavy atom. The van der Waals surface area contributed by atoms with Gasteiger partial charge in [0.15, 0.2) is 0 Å². The normalized spacial score (nSPS) is 20.2. The van der Waals surface area contributed by atoms with Crippen molar-refractivity contribution in [1.82, 2.24) is 0 Å². The molecule has 0 aromatic heterocycles. The third-order valence-corrected chi connectivity index (χ3v) is 5.32. The van der Waals surface area contributed by atoms with E-state index in [4.69, 9.17) is 39.5 Å². The van der Waals surface area contributed by atoms with Crippen LogP contribution in [0.4, 0.5) is 5.69 Å². The number of amides is 1. The van der Waals surface area contributed by atoms with Crippen LogP contribution in [-0.4, -0.2) is 18.0 Å². The van der Waals surface area contributed by atoms with Gasteiger partial charge in [-0.25, -0.2) is 0 Å². The number of esters is 1. The maximum Gasteiger partial charge on any atom is 0.310 e. The first-order valence-electron chi connectivity index (χ1n) is 8.23. The Kier molecular flexibility index (Phi) is 7.56. The molecule has 0 saturated heterocycles. The van der Waals surface area contributed by atoms with E-state index in [1.807, 2.05) is 43.3 Å². The number of carbonyl (C=O) groups excluding carboxylic acids is 2. The van der Waals surface area contributed by atoms with Gasteiger partial charge in [0.2, 0.25) is 5.91 Å². The lowest BCUT2D eigenvalue weighted by Gasteiger charge is -2.27. The van der Waals surface area contributed by atoms with Gasteiger partial charge in [-0.1, -0.05) is 64.7 Å². The minimum atomic E-state index is -0.777. The highest BCUT2D eigenvalue weighted by Crippen LogP contribution is 2.30. The molecule has 1 aromatic carbocycles. The second-order valence-electron chi connectivity index (χ2n) is 6.20. The van der Waals surface area contributed by atoms with Crippen molar-refractivity contribution in [1.29, 1.82) is 0 Å². The molecule has 1 aliphatic carbocycles. The Balaban J connectivity index is 2.07. The summed E-state index contributed by atoms with van der Waals surface area (Å²) in [6.45, 7) is 3.54. The number of ether oxygens (including phenoxy) is 1. The van der Waals surface area contributed by atoms with Crippen LogP contribution in [0.5, 0.6) is 0 Å². The van der Waals surface area contributed by atoms with E-state index in [1.54, 1.807) is 6.92 Å². The summed E-state index contributed by atoms with van der Waals surface area (Å²) >= 11 is 17.2. The van der Waals surface area contributed by atoms with E-state index in [0.29, 0.717) is 18.5 Å². The maximum absolute atomic E-state index is 12.7. The van der Waals surface area contributed by atoms with Crippen molar-refractivity contribution in [3.63, 3.8) is 0 Å². The summed E-state index contributed by atoms with van der Waals surface area (Å²) in [6, 6.07) is 7.48. The number of nitrogens with one attached hydrogen (secondary N) is 1. The van der Waals surface area contributed by atoms with Gasteiger partial charge in [-0.2, -0.15) is 0 Å². The first kappa shape index (κ1) is 20.8. The molecule has 4 nitrogen and oxygen atoms in total. The predicted molar refractivity (Wildman–Crippen MR) is 105 cm³/mol. The molecule has 0 unspecified atom stereocenters. The molecule has 0 radical (unpaired) electrons. The SMILES string of the molecule is Cc1ccc(NC(=O)[C@H]2CC=CC[C@@H]2C(=O)O[C@H](C)C(Cl)=C(Cl)Cl)cc1.